The van der Waals surface area contributed by atoms with E-state index in [4.69, 9.17) is 9.72 Å². The molecular formula is C29H26N8O5. The molecule has 5 heterocycles. The maximum Gasteiger partial charge on any atom is 0.407 e. The monoisotopic (exact) mass is 566 g/mol. The van der Waals surface area contributed by atoms with Crippen LogP contribution in [0, 0.1) is 0 Å². The van der Waals surface area contributed by atoms with Crippen molar-refractivity contribution >= 4 is 41.1 Å². The lowest BCUT2D eigenvalue weighted by atomic mass is 10.1. The van der Waals surface area contributed by atoms with Crippen LogP contribution < -0.4 is 15.5 Å². The Hall–Kier alpha value is -5.59. The fourth-order valence-corrected chi connectivity index (χ4v) is 5.30. The number of rotatable bonds is 7. The normalized spacial score (nSPS) is 17.2. The molecule has 4 aromatic rings. The first kappa shape index (κ1) is 26.6. The Bertz CT molecular complexity index is 1650. The van der Waals surface area contributed by atoms with Crippen LogP contribution in [0.5, 0.6) is 0 Å². The summed E-state index contributed by atoms with van der Waals surface area (Å²) in [5.74, 6) is 0.776. The van der Waals surface area contributed by atoms with Crippen molar-refractivity contribution in [2.75, 3.05) is 35.7 Å². The zero-order valence-electron chi connectivity index (χ0n) is 22.5. The second-order valence-corrected chi connectivity index (χ2v) is 9.90. The molecule has 2 fully saturated rings. The van der Waals surface area contributed by atoms with Crippen molar-refractivity contribution in [2.45, 2.75) is 18.5 Å². The molecule has 2 bridgehead atoms. The number of carbonyl (C=O) groups is 3. The summed E-state index contributed by atoms with van der Waals surface area (Å²) in [6.07, 6.45) is 6.24. The van der Waals surface area contributed by atoms with Crippen molar-refractivity contribution in [1.29, 1.82) is 0 Å². The maximum absolute atomic E-state index is 13.1. The van der Waals surface area contributed by atoms with Gasteiger partial charge in [0.05, 0.1) is 36.6 Å². The summed E-state index contributed by atoms with van der Waals surface area (Å²) in [6.45, 7) is 1.02. The summed E-state index contributed by atoms with van der Waals surface area (Å²) < 4.78 is 4.72. The lowest BCUT2D eigenvalue weighted by Crippen LogP contribution is -2.48. The number of benzene rings is 1. The summed E-state index contributed by atoms with van der Waals surface area (Å²) in [4.78, 5) is 57.6. The highest BCUT2D eigenvalue weighted by molar-refractivity contribution is 6.05. The zero-order chi connectivity index (χ0) is 29.2. The van der Waals surface area contributed by atoms with Gasteiger partial charge in [-0.3, -0.25) is 9.78 Å². The molecule has 2 saturated heterocycles. The van der Waals surface area contributed by atoms with Gasteiger partial charge in [0, 0.05) is 54.6 Å². The minimum Gasteiger partial charge on any atom is -0.465 e. The molecule has 212 valence electrons. The highest BCUT2D eigenvalue weighted by atomic mass is 16.5. The van der Waals surface area contributed by atoms with E-state index in [9.17, 15) is 19.5 Å². The first-order valence-electron chi connectivity index (χ1n) is 13.2. The van der Waals surface area contributed by atoms with E-state index < -0.39 is 12.1 Å². The number of fused-ring (bicyclic) bond motifs is 2. The number of piperazine rings is 1. The maximum atomic E-state index is 13.1. The Morgan fingerprint density at radius 3 is 2.43 bits per heavy atom. The van der Waals surface area contributed by atoms with Gasteiger partial charge in [-0.05, 0) is 48.9 Å². The number of nitrogens with one attached hydrogen (secondary N) is 2. The van der Waals surface area contributed by atoms with Crippen LogP contribution in [0.25, 0.3) is 11.3 Å². The molecule has 2 amide bonds. The van der Waals surface area contributed by atoms with Crippen LogP contribution in [-0.2, 0) is 4.74 Å². The molecule has 3 N–H and O–H groups in total. The molecule has 2 atom stereocenters. The Morgan fingerprint density at radius 2 is 1.74 bits per heavy atom. The van der Waals surface area contributed by atoms with E-state index in [-0.39, 0.29) is 18.0 Å². The predicted molar refractivity (Wildman–Crippen MR) is 153 cm³/mol. The lowest BCUT2D eigenvalue weighted by molar-refractivity contribution is 0.0600. The molecule has 0 spiro atoms. The summed E-state index contributed by atoms with van der Waals surface area (Å²) in [7, 11) is 1.30. The van der Waals surface area contributed by atoms with Crippen LogP contribution in [0.1, 0.15) is 27.1 Å². The molecule has 1 aromatic carbocycles. The SMILES string of the molecule is COC(=O)c1ccc(C(=O)Nc2cc(Nc3cnccn3)nc(-c3ccnc(N4CC5CC4CN5C(=O)O)c3)c2)cc1. The molecule has 0 saturated carbocycles. The van der Waals surface area contributed by atoms with E-state index in [1.165, 1.54) is 24.1 Å². The molecule has 2 unspecified atom stereocenters. The van der Waals surface area contributed by atoms with Crippen LogP contribution >= 0.6 is 0 Å². The molecule has 13 nitrogen and oxygen atoms in total. The largest absolute Gasteiger partial charge is 0.465 e. The van der Waals surface area contributed by atoms with Crippen molar-refractivity contribution in [2.24, 2.45) is 0 Å². The molecule has 3 aromatic heterocycles. The van der Waals surface area contributed by atoms with E-state index in [0.29, 0.717) is 47.2 Å². The van der Waals surface area contributed by atoms with Gasteiger partial charge < -0.3 is 30.3 Å². The van der Waals surface area contributed by atoms with Gasteiger partial charge in [0.15, 0.2) is 0 Å². The number of esters is 1. The summed E-state index contributed by atoms with van der Waals surface area (Å²) in [6, 6.07) is 13.3. The fourth-order valence-electron chi connectivity index (χ4n) is 5.30. The number of nitrogens with zero attached hydrogens (tertiary/aromatic N) is 6. The smallest absolute Gasteiger partial charge is 0.407 e. The number of ether oxygens (including phenoxy) is 1. The molecule has 13 heteroatoms. The number of pyridine rings is 2. The number of aromatic nitrogens is 4. The molecule has 6 rings (SSSR count). The van der Waals surface area contributed by atoms with Gasteiger partial charge in [-0.25, -0.2) is 24.5 Å². The molecule has 2 aliphatic heterocycles. The third-order valence-corrected chi connectivity index (χ3v) is 7.29. The summed E-state index contributed by atoms with van der Waals surface area (Å²) >= 11 is 0. The van der Waals surface area contributed by atoms with Crippen molar-refractivity contribution in [1.82, 2.24) is 24.8 Å². The van der Waals surface area contributed by atoms with Crippen LogP contribution in [0.4, 0.5) is 27.9 Å². The fraction of sp³-hybridized carbons (Fsp3) is 0.207. The minimum atomic E-state index is -0.894. The van der Waals surface area contributed by atoms with E-state index >= 15 is 0 Å². The van der Waals surface area contributed by atoms with Gasteiger partial charge in [0.25, 0.3) is 5.91 Å². The highest BCUT2D eigenvalue weighted by Crippen LogP contribution is 2.35. The average Bonchev–Trinajstić information content (AvgIpc) is 3.63. The van der Waals surface area contributed by atoms with Gasteiger partial charge in [0.2, 0.25) is 0 Å². The number of carboxylic acid groups (broad SMARTS) is 1. The third-order valence-electron chi connectivity index (χ3n) is 7.29. The Balaban J connectivity index is 1.29. The highest BCUT2D eigenvalue weighted by Gasteiger charge is 2.45. The van der Waals surface area contributed by atoms with Crippen LogP contribution in [0.15, 0.2) is 73.3 Å². The van der Waals surface area contributed by atoms with Crippen LogP contribution in [0.2, 0.25) is 0 Å². The van der Waals surface area contributed by atoms with E-state index in [2.05, 4.69) is 30.5 Å². The summed E-state index contributed by atoms with van der Waals surface area (Å²) in [5, 5.41) is 15.5. The number of methoxy groups -OCH3 is 1. The van der Waals surface area contributed by atoms with Crippen molar-refractivity contribution < 1.29 is 24.2 Å². The van der Waals surface area contributed by atoms with Gasteiger partial charge in [-0.2, -0.15) is 0 Å². The van der Waals surface area contributed by atoms with Gasteiger partial charge in [-0.15, -0.1) is 0 Å². The van der Waals surface area contributed by atoms with E-state index in [1.54, 1.807) is 49.1 Å². The molecule has 42 heavy (non-hydrogen) atoms. The van der Waals surface area contributed by atoms with Crippen LogP contribution in [-0.4, -0.2) is 80.2 Å². The third kappa shape index (κ3) is 5.39. The van der Waals surface area contributed by atoms with E-state index in [1.807, 2.05) is 12.1 Å². The van der Waals surface area contributed by atoms with Gasteiger partial charge >= 0.3 is 12.1 Å². The quantitative estimate of drug-likeness (QED) is 0.280. The lowest BCUT2D eigenvalue weighted by Gasteiger charge is -2.33. The second kappa shape index (κ2) is 11.1. The molecule has 0 aliphatic carbocycles. The number of hydrogen-bond acceptors (Lipinski definition) is 10. The Labute approximate surface area is 240 Å². The van der Waals surface area contributed by atoms with Crippen LogP contribution in [0.3, 0.4) is 0 Å². The Morgan fingerprint density at radius 1 is 0.929 bits per heavy atom. The number of carbonyl (C=O) groups excluding carboxylic acids is 2. The first-order valence-corrected chi connectivity index (χ1v) is 13.2. The van der Waals surface area contributed by atoms with Gasteiger partial charge in [0.1, 0.15) is 17.5 Å². The number of amides is 2. The second-order valence-electron chi connectivity index (χ2n) is 9.90. The molecule has 0 radical (unpaired) electrons. The Kier molecular flexibility index (Phi) is 7.05. The number of anilines is 4. The molecular weight excluding hydrogens is 540 g/mol. The average molecular weight is 567 g/mol. The standard InChI is InChI=1S/C29H26N8O5/c1-42-28(39)18-4-2-17(3-5-18)27(38)33-20-11-23(34-24(12-20)35-25-14-30-8-9-31-25)19-6-7-32-26(10-19)36-15-22-13-21(36)16-37(22)29(40)41/h2-12,14,21-22H,13,15-16H2,1H3,(H,40,41)(H2,31,33,34,35,38). The van der Waals surface area contributed by atoms with Crippen molar-refractivity contribution in [3.63, 3.8) is 0 Å². The minimum absolute atomic E-state index is 0.0564. The first-order chi connectivity index (χ1) is 20.4. The van der Waals surface area contributed by atoms with Gasteiger partial charge in [-0.1, -0.05) is 0 Å². The number of hydrogen-bond donors (Lipinski definition) is 3. The molecule has 2 aliphatic rings. The van der Waals surface area contributed by atoms with Crippen molar-refractivity contribution in [3.8, 4) is 11.3 Å². The zero-order valence-corrected chi connectivity index (χ0v) is 22.5. The van der Waals surface area contributed by atoms with E-state index in [0.717, 1.165) is 17.8 Å². The summed E-state index contributed by atoms with van der Waals surface area (Å²) in [5.41, 5.74) is 2.50. The van der Waals surface area contributed by atoms with Crippen molar-refractivity contribution in [3.05, 3.63) is 84.4 Å². The number of likely N-dealkylation sites (tertiary alicyclic amines) is 1. The predicted octanol–water partition coefficient (Wildman–Crippen LogP) is 3.66. The topological polar surface area (TPSA) is 163 Å².